The van der Waals surface area contributed by atoms with Crippen molar-refractivity contribution >= 4 is 33.4 Å². The summed E-state index contributed by atoms with van der Waals surface area (Å²) in [5.74, 6) is 0. The predicted octanol–water partition coefficient (Wildman–Crippen LogP) is 6.24. The van der Waals surface area contributed by atoms with Crippen molar-refractivity contribution in [3.63, 3.8) is 0 Å². The number of hydrogen-bond donors (Lipinski definition) is 0. The Morgan fingerprint density at radius 1 is 0.810 bits per heavy atom. The smallest absolute Gasteiger partial charge is 0.0136 e. The maximum atomic E-state index is 2.41. The molecule has 0 spiro atoms. The molecule has 3 rings (SSSR count). The van der Waals surface area contributed by atoms with Crippen LogP contribution in [-0.4, -0.2) is 0 Å². The Kier molecular flexibility index (Phi) is 4.29. The van der Waals surface area contributed by atoms with Gasteiger partial charge in [0.05, 0.1) is 0 Å². The standard InChI is InChI=1S/C20H19I/c1-3-14-11-12-17(21)13-19(14)20-15(4-2)9-10-16-7-5-6-8-18(16)20/h5-13H,3-4H2,1-2H3. The molecule has 3 aromatic carbocycles. The molecule has 0 aliphatic carbocycles. The van der Waals surface area contributed by atoms with Gasteiger partial charge in [-0.05, 0) is 80.6 Å². The molecule has 0 saturated heterocycles. The van der Waals surface area contributed by atoms with Crippen LogP contribution in [0.2, 0.25) is 0 Å². The van der Waals surface area contributed by atoms with Crippen molar-refractivity contribution < 1.29 is 0 Å². The van der Waals surface area contributed by atoms with E-state index in [9.17, 15) is 0 Å². The lowest BCUT2D eigenvalue weighted by Crippen LogP contribution is -1.95. The zero-order valence-electron chi connectivity index (χ0n) is 12.5. The van der Waals surface area contributed by atoms with Crippen LogP contribution in [-0.2, 0) is 12.8 Å². The molecule has 0 heterocycles. The fraction of sp³-hybridized carbons (Fsp3) is 0.200. The first-order chi connectivity index (χ1) is 10.2. The molecule has 21 heavy (non-hydrogen) atoms. The van der Waals surface area contributed by atoms with Gasteiger partial charge in [0.2, 0.25) is 0 Å². The highest BCUT2D eigenvalue weighted by molar-refractivity contribution is 14.1. The van der Waals surface area contributed by atoms with Crippen molar-refractivity contribution in [2.45, 2.75) is 26.7 Å². The zero-order valence-corrected chi connectivity index (χ0v) is 14.6. The summed E-state index contributed by atoms with van der Waals surface area (Å²) in [5.41, 5.74) is 5.69. The lowest BCUT2D eigenvalue weighted by Gasteiger charge is -2.16. The lowest BCUT2D eigenvalue weighted by atomic mass is 9.89. The Morgan fingerprint density at radius 2 is 1.52 bits per heavy atom. The van der Waals surface area contributed by atoms with Gasteiger partial charge in [0.1, 0.15) is 0 Å². The van der Waals surface area contributed by atoms with Crippen LogP contribution >= 0.6 is 22.6 Å². The van der Waals surface area contributed by atoms with Crippen molar-refractivity contribution in [3.8, 4) is 11.1 Å². The van der Waals surface area contributed by atoms with Gasteiger partial charge < -0.3 is 0 Å². The fourth-order valence-electron chi connectivity index (χ4n) is 3.02. The van der Waals surface area contributed by atoms with E-state index in [1.807, 2.05) is 0 Å². The van der Waals surface area contributed by atoms with Crippen molar-refractivity contribution in [1.82, 2.24) is 0 Å². The van der Waals surface area contributed by atoms with Crippen molar-refractivity contribution in [1.29, 1.82) is 0 Å². The van der Waals surface area contributed by atoms with E-state index in [0.717, 1.165) is 12.8 Å². The summed E-state index contributed by atoms with van der Waals surface area (Å²) < 4.78 is 1.30. The molecule has 0 N–H and O–H groups in total. The van der Waals surface area contributed by atoms with E-state index < -0.39 is 0 Å². The first kappa shape index (κ1) is 14.6. The zero-order chi connectivity index (χ0) is 14.8. The molecule has 0 saturated carbocycles. The van der Waals surface area contributed by atoms with E-state index in [2.05, 4.69) is 91.0 Å². The second-order valence-electron chi connectivity index (χ2n) is 5.33. The van der Waals surface area contributed by atoms with Gasteiger partial charge >= 0.3 is 0 Å². The molecule has 0 aliphatic heterocycles. The van der Waals surface area contributed by atoms with Gasteiger partial charge in [-0.1, -0.05) is 56.3 Å². The number of halogens is 1. The Morgan fingerprint density at radius 3 is 2.29 bits per heavy atom. The van der Waals surface area contributed by atoms with E-state index in [-0.39, 0.29) is 0 Å². The maximum absolute atomic E-state index is 2.41. The Hall–Kier alpha value is -1.35. The van der Waals surface area contributed by atoms with Crippen LogP contribution in [0.15, 0.2) is 54.6 Å². The van der Waals surface area contributed by atoms with E-state index in [0.29, 0.717) is 0 Å². The van der Waals surface area contributed by atoms with Gasteiger partial charge in [0.25, 0.3) is 0 Å². The highest BCUT2D eigenvalue weighted by Gasteiger charge is 2.12. The third kappa shape index (κ3) is 2.71. The minimum Gasteiger partial charge on any atom is -0.0616 e. The van der Waals surface area contributed by atoms with Crippen molar-refractivity contribution in [2.75, 3.05) is 0 Å². The van der Waals surface area contributed by atoms with E-state index in [4.69, 9.17) is 0 Å². The predicted molar refractivity (Wildman–Crippen MR) is 101 cm³/mol. The number of aryl methyl sites for hydroxylation is 2. The molecule has 0 radical (unpaired) electrons. The van der Waals surface area contributed by atoms with Crippen molar-refractivity contribution in [2.24, 2.45) is 0 Å². The molecule has 0 aromatic heterocycles. The summed E-state index contributed by atoms with van der Waals surface area (Å²) in [6.07, 6.45) is 2.13. The lowest BCUT2D eigenvalue weighted by molar-refractivity contribution is 1.12. The summed E-state index contributed by atoms with van der Waals surface area (Å²) in [6.45, 7) is 4.48. The minimum absolute atomic E-state index is 1.06. The highest BCUT2D eigenvalue weighted by Crippen LogP contribution is 2.35. The molecule has 1 heteroatoms. The first-order valence-corrected chi connectivity index (χ1v) is 8.62. The molecule has 0 aliphatic rings. The molecule has 0 amide bonds. The SMILES string of the molecule is CCc1ccc(I)cc1-c1c(CC)ccc2ccccc12. The van der Waals surface area contributed by atoms with Gasteiger partial charge in [0, 0.05) is 3.57 Å². The molecule has 106 valence electrons. The second kappa shape index (κ2) is 6.18. The molecule has 0 unspecified atom stereocenters. The van der Waals surface area contributed by atoms with E-state index in [1.54, 1.807) is 0 Å². The average Bonchev–Trinajstić information content (AvgIpc) is 2.53. The number of benzene rings is 3. The average molecular weight is 386 g/mol. The van der Waals surface area contributed by atoms with E-state index >= 15 is 0 Å². The van der Waals surface area contributed by atoms with Gasteiger partial charge in [0.15, 0.2) is 0 Å². The first-order valence-electron chi connectivity index (χ1n) is 7.54. The van der Waals surface area contributed by atoms with Gasteiger partial charge in [-0.15, -0.1) is 0 Å². The summed E-state index contributed by atoms with van der Waals surface area (Å²) >= 11 is 2.41. The number of hydrogen-bond acceptors (Lipinski definition) is 0. The molecule has 0 atom stereocenters. The Bertz CT molecular complexity index is 787. The number of fused-ring (bicyclic) bond motifs is 1. The second-order valence-corrected chi connectivity index (χ2v) is 6.58. The molecule has 3 aromatic rings. The monoisotopic (exact) mass is 386 g/mol. The molecule has 0 bridgehead atoms. The summed E-state index contributed by atoms with van der Waals surface area (Å²) in [6, 6.07) is 20.1. The largest absolute Gasteiger partial charge is 0.0616 e. The van der Waals surface area contributed by atoms with Crippen LogP contribution in [0.1, 0.15) is 25.0 Å². The van der Waals surface area contributed by atoms with Crippen LogP contribution in [0.4, 0.5) is 0 Å². The van der Waals surface area contributed by atoms with Crippen molar-refractivity contribution in [3.05, 3.63) is 69.3 Å². The summed E-state index contributed by atoms with van der Waals surface area (Å²) in [4.78, 5) is 0. The molecule has 0 fully saturated rings. The van der Waals surface area contributed by atoms with Gasteiger partial charge in [-0.25, -0.2) is 0 Å². The normalized spacial score (nSPS) is 11.0. The van der Waals surface area contributed by atoms with Crippen LogP contribution in [0.25, 0.3) is 21.9 Å². The van der Waals surface area contributed by atoms with Crippen LogP contribution in [0.3, 0.4) is 0 Å². The molecule has 0 nitrogen and oxygen atoms in total. The molecular formula is C20H19I. The summed E-state index contributed by atoms with van der Waals surface area (Å²) in [5, 5.41) is 2.69. The summed E-state index contributed by atoms with van der Waals surface area (Å²) in [7, 11) is 0. The van der Waals surface area contributed by atoms with Crippen LogP contribution < -0.4 is 0 Å². The Labute approximate surface area is 140 Å². The quantitative estimate of drug-likeness (QED) is 0.468. The molecular weight excluding hydrogens is 367 g/mol. The number of rotatable bonds is 3. The van der Waals surface area contributed by atoms with Crippen LogP contribution in [0, 0.1) is 3.57 Å². The Balaban J connectivity index is 2.40. The van der Waals surface area contributed by atoms with E-state index in [1.165, 1.54) is 36.6 Å². The highest BCUT2D eigenvalue weighted by atomic mass is 127. The maximum Gasteiger partial charge on any atom is 0.0136 e. The van der Waals surface area contributed by atoms with Gasteiger partial charge in [-0.2, -0.15) is 0 Å². The topological polar surface area (TPSA) is 0 Å². The van der Waals surface area contributed by atoms with Crippen LogP contribution in [0.5, 0.6) is 0 Å². The third-order valence-electron chi connectivity index (χ3n) is 4.12. The minimum atomic E-state index is 1.06. The fourth-order valence-corrected chi connectivity index (χ4v) is 3.51. The third-order valence-corrected chi connectivity index (χ3v) is 4.79. The van der Waals surface area contributed by atoms with Gasteiger partial charge in [-0.3, -0.25) is 0 Å².